The lowest BCUT2D eigenvalue weighted by atomic mass is 9.48. The van der Waals surface area contributed by atoms with Crippen molar-refractivity contribution in [2.75, 3.05) is 0 Å². The Kier molecular flexibility index (Phi) is 8.35. The third kappa shape index (κ3) is 6.25. The van der Waals surface area contributed by atoms with E-state index in [2.05, 4.69) is 149 Å². The maximum atomic E-state index is 7.44. The zero-order chi connectivity index (χ0) is 40.5. The van der Waals surface area contributed by atoms with E-state index in [1.165, 1.54) is 71.5 Å². The number of para-hydroxylation sites is 1. The van der Waals surface area contributed by atoms with Gasteiger partial charge in [-0.25, -0.2) is 19.8 Å². The van der Waals surface area contributed by atoms with Gasteiger partial charge in [0.25, 0.3) is 0 Å². The van der Waals surface area contributed by atoms with Gasteiger partial charge in [0.1, 0.15) is 0 Å². The summed E-state index contributed by atoms with van der Waals surface area (Å²) in [4.78, 5) is 18.6. The fourth-order valence-electron chi connectivity index (χ4n) is 11.6. The zero-order valence-electron chi connectivity index (χ0n) is 33.9. The van der Waals surface area contributed by atoms with E-state index >= 15 is 0 Å². The van der Waals surface area contributed by atoms with Crippen LogP contribution in [0.2, 0.25) is 0 Å². The minimum Gasteiger partial charge on any atom is -0.309 e. The second kappa shape index (κ2) is 14.2. The molecule has 0 atom stereocenters. The SMILES string of the molecule is [C-]#[N+]c1ccc(-c2nc(-c3ccc(-c4ccccc4)cc3)nc(-c3ccc(-n4c5ccccc5c5cc(-c6ccc(C78CC9CC(CC(C9)C7)C8)cc6)ccc54)cc3)n2)cc1. The van der Waals surface area contributed by atoms with Crippen molar-refractivity contribution in [1.29, 1.82) is 0 Å². The number of nitrogens with zero attached hydrogens (tertiary/aromatic N) is 5. The summed E-state index contributed by atoms with van der Waals surface area (Å²) < 4.78 is 2.37. The third-order valence-electron chi connectivity index (χ3n) is 14.1. The number of fused-ring (bicyclic) bond motifs is 3. The smallest absolute Gasteiger partial charge is 0.187 e. The molecule has 4 aliphatic carbocycles. The normalized spacial score (nSPS) is 20.3. The second-order valence-corrected chi connectivity index (χ2v) is 17.8. The topological polar surface area (TPSA) is 48.0 Å². The van der Waals surface area contributed by atoms with Crippen LogP contribution in [0.25, 0.3) is 88.8 Å². The van der Waals surface area contributed by atoms with Gasteiger partial charge in [-0.3, -0.25) is 0 Å². The molecule has 9 aromatic rings. The van der Waals surface area contributed by atoms with E-state index < -0.39 is 0 Å². The number of rotatable bonds is 7. The zero-order valence-corrected chi connectivity index (χ0v) is 33.9. The van der Waals surface area contributed by atoms with Gasteiger partial charge in [0.05, 0.1) is 17.6 Å². The molecule has 61 heavy (non-hydrogen) atoms. The first-order valence-corrected chi connectivity index (χ1v) is 21.7. The van der Waals surface area contributed by atoms with E-state index in [1.807, 2.05) is 30.3 Å². The molecule has 7 aromatic carbocycles. The molecule has 5 heteroatoms. The van der Waals surface area contributed by atoms with Crippen LogP contribution in [0.15, 0.2) is 170 Å². The molecule has 4 aliphatic rings. The average molecular weight is 786 g/mol. The first-order valence-electron chi connectivity index (χ1n) is 21.7. The van der Waals surface area contributed by atoms with Crippen molar-refractivity contribution in [1.82, 2.24) is 19.5 Å². The Labute approximate surface area is 356 Å². The number of hydrogen-bond acceptors (Lipinski definition) is 3. The monoisotopic (exact) mass is 785 g/mol. The van der Waals surface area contributed by atoms with E-state index in [1.54, 1.807) is 5.56 Å². The van der Waals surface area contributed by atoms with Crippen molar-refractivity contribution in [2.24, 2.45) is 17.8 Å². The van der Waals surface area contributed by atoms with Crippen LogP contribution in [-0.2, 0) is 5.41 Å². The molecule has 4 saturated carbocycles. The van der Waals surface area contributed by atoms with Crippen LogP contribution in [-0.4, -0.2) is 19.5 Å². The van der Waals surface area contributed by atoms with Gasteiger partial charge >= 0.3 is 0 Å². The van der Waals surface area contributed by atoms with Crippen LogP contribution < -0.4 is 0 Å². The Morgan fingerprint density at radius 1 is 0.443 bits per heavy atom. The molecule has 4 fully saturated rings. The van der Waals surface area contributed by atoms with E-state index in [0.717, 1.165) is 51.3 Å². The molecule has 13 rings (SSSR count). The molecule has 0 N–H and O–H groups in total. The Balaban J connectivity index is 0.889. The summed E-state index contributed by atoms with van der Waals surface area (Å²) in [5.41, 5.74) is 13.4. The highest BCUT2D eigenvalue weighted by atomic mass is 15.0. The Morgan fingerprint density at radius 3 is 1.51 bits per heavy atom. The lowest BCUT2D eigenvalue weighted by Gasteiger charge is -2.57. The maximum absolute atomic E-state index is 7.44. The summed E-state index contributed by atoms with van der Waals surface area (Å²) in [7, 11) is 0. The lowest BCUT2D eigenvalue weighted by Crippen LogP contribution is -2.48. The van der Waals surface area contributed by atoms with E-state index in [4.69, 9.17) is 21.5 Å². The molecule has 0 saturated heterocycles. The first kappa shape index (κ1) is 35.8. The summed E-state index contributed by atoms with van der Waals surface area (Å²) >= 11 is 0. The van der Waals surface area contributed by atoms with Crippen LogP contribution in [0, 0.1) is 24.3 Å². The fraction of sp³-hybridized carbons (Fsp3) is 0.179. The predicted octanol–water partition coefficient (Wildman–Crippen LogP) is 14.3. The van der Waals surface area contributed by atoms with Gasteiger partial charge in [0, 0.05) is 33.2 Å². The van der Waals surface area contributed by atoms with Gasteiger partial charge < -0.3 is 4.57 Å². The van der Waals surface area contributed by atoms with Crippen molar-refractivity contribution in [2.45, 2.75) is 43.9 Å². The number of hydrogen-bond donors (Lipinski definition) is 0. The highest BCUT2D eigenvalue weighted by Crippen LogP contribution is 2.60. The molecular formula is C56H43N5. The fourth-order valence-corrected chi connectivity index (χ4v) is 11.6. The van der Waals surface area contributed by atoms with Gasteiger partial charge in [-0.05, 0) is 132 Å². The van der Waals surface area contributed by atoms with Crippen molar-refractivity contribution in [3.63, 3.8) is 0 Å². The van der Waals surface area contributed by atoms with Crippen LogP contribution in [0.1, 0.15) is 44.1 Å². The van der Waals surface area contributed by atoms with Crippen molar-refractivity contribution in [3.05, 3.63) is 187 Å². The quantitative estimate of drug-likeness (QED) is 0.151. The van der Waals surface area contributed by atoms with Gasteiger partial charge in [0.15, 0.2) is 23.2 Å². The average Bonchev–Trinajstić information content (AvgIpc) is 3.65. The molecule has 0 aliphatic heterocycles. The molecule has 0 amide bonds. The van der Waals surface area contributed by atoms with Gasteiger partial charge in [0.2, 0.25) is 0 Å². The van der Waals surface area contributed by atoms with Crippen LogP contribution >= 0.6 is 0 Å². The largest absolute Gasteiger partial charge is 0.309 e. The Morgan fingerprint density at radius 2 is 0.902 bits per heavy atom. The molecular weight excluding hydrogens is 743 g/mol. The first-order chi connectivity index (χ1) is 30.1. The van der Waals surface area contributed by atoms with E-state index in [9.17, 15) is 0 Å². The summed E-state index contributed by atoms with van der Waals surface area (Å²) in [6, 6.07) is 60.1. The maximum Gasteiger partial charge on any atom is 0.187 e. The predicted molar refractivity (Wildman–Crippen MR) is 247 cm³/mol. The van der Waals surface area contributed by atoms with Crippen molar-refractivity contribution >= 4 is 27.5 Å². The summed E-state index contributed by atoms with van der Waals surface area (Å²) in [6.45, 7) is 7.44. The number of benzene rings is 7. The van der Waals surface area contributed by atoms with E-state index in [0.29, 0.717) is 28.6 Å². The van der Waals surface area contributed by atoms with Gasteiger partial charge in [-0.2, -0.15) is 0 Å². The molecule has 5 nitrogen and oxygen atoms in total. The molecule has 4 bridgehead atoms. The molecule has 292 valence electrons. The Bertz CT molecular complexity index is 3100. The van der Waals surface area contributed by atoms with Crippen LogP contribution in [0.4, 0.5) is 5.69 Å². The Hall–Kier alpha value is -7.16. The standard InChI is InChI=1S/C56H43N5/c1-57-47-24-17-43(18-25-47)54-58-53(42-13-11-40(12-14-42)39-7-3-2-4-8-39)59-55(60-54)44-19-26-48(27-20-44)61-51-10-6-5-9-49(51)50-32-45(21-28-52(50)61)41-15-22-46(23-16-41)56-33-36-29-37(34-56)31-38(30-36)35-56/h2-28,32,36-38H,29-31,33-35H2. The molecule has 0 radical (unpaired) electrons. The molecule has 0 spiro atoms. The van der Waals surface area contributed by atoms with Crippen molar-refractivity contribution < 1.29 is 0 Å². The summed E-state index contributed by atoms with van der Waals surface area (Å²) in [6.07, 6.45) is 8.61. The molecule has 0 unspecified atom stereocenters. The summed E-state index contributed by atoms with van der Waals surface area (Å²) in [5, 5.41) is 2.49. The highest BCUT2D eigenvalue weighted by molar-refractivity contribution is 6.10. The minimum absolute atomic E-state index is 0.412. The van der Waals surface area contributed by atoms with Crippen LogP contribution in [0.5, 0.6) is 0 Å². The lowest BCUT2D eigenvalue weighted by molar-refractivity contribution is -0.00518. The van der Waals surface area contributed by atoms with Crippen molar-refractivity contribution in [3.8, 4) is 62.1 Å². The van der Waals surface area contributed by atoms with Gasteiger partial charge in [-0.1, -0.05) is 127 Å². The van der Waals surface area contributed by atoms with E-state index in [-0.39, 0.29) is 0 Å². The molecule has 2 heterocycles. The highest BCUT2D eigenvalue weighted by Gasteiger charge is 2.51. The minimum atomic E-state index is 0.412. The molecule has 2 aromatic heterocycles. The summed E-state index contributed by atoms with van der Waals surface area (Å²) in [5.74, 6) is 4.59. The third-order valence-corrected chi connectivity index (χ3v) is 14.1. The second-order valence-electron chi connectivity index (χ2n) is 17.8. The van der Waals surface area contributed by atoms with Crippen LogP contribution in [0.3, 0.4) is 0 Å². The number of aromatic nitrogens is 4. The van der Waals surface area contributed by atoms with Gasteiger partial charge in [-0.15, -0.1) is 0 Å².